The Bertz CT molecular complexity index is 838. The predicted octanol–water partition coefficient (Wildman–Crippen LogP) is 2.31. The Labute approximate surface area is 116 Å². The van der Waals surface area contributed by atoms with E-state index in [9.17, 15) is 14.9 Å². The Kier molecular flexibility index (Phi) is 2.99. The minimum atomic E-state index is -0.438. The number of imidazole rings is 1. The highest BCUT2D eigenvalue weighted by Crippen LogP contribution is 2.29. The molecule has 20 heavy (non-hydrogen) atoms. The van der Waals surface area contributed by atoms with Crippen LogP contribution in [0.5, 0.6) is 0 Å². The molecule has 7 nitrogen and oxygen atoms in total. The van der Waals surface area contributed by atoms with Gasteiger partial charge in [-0.15, -0.1) is 0 Å². The molecule has 0 aliphatic rings. The van der Waals surface area contributed by atoms with Crippen molar-refractivity contribution in [2.24, 2.45) is 0 Å². The smallest absolute Gasteiger partial charge is 0.304 e. The van der Waals surface area contributed by atoms with Gasteiger partial charge in [-0.05, 0) is 18.2 Å². The van der Waals surface area contributed by atoms with E-state index in [1.807, 2.05) is 0 Å². The molecule has 1 aromatic carbocycles. The number of hydrogen-bond donors (Lipinski definition) is 2. The second kappa shape index (κ2) is 4.82. The molecule has 3 rings (SSSR count). The number of aromatic nitrogens is 3. The molecule has 3 aromatic rings. The van der Waals surface area contributed by atoms with Gasteiger partial charge in [-0.25, -0.2) is 9.78 Å². The van der Waals surface area contributed by atoms with Gasteiger partial charge < -0.3 is 4.98 Å². The van der Waals surface area contributed by atoms with Crippen molar-refractivity contribution in [2.45, 2.75) is 9.79 Å². The van der Waals surface area contributed by atoms with Gasteiger partial charge in [0.25, 0.3) is 5.69 Å². The lowest BCUT2D eigenvalue weighted by Crippen LogP contribution is -1.99. The van der Waals surface area contributed by atoms with E-state index in [1.165, 1.54) is 23.9 Å². The molecular weight excluding hydrogens is 280 g/mol. The lowest BCUT2D eigenvalue weighted by atomic mass is 10.3. The minimum absolute atomic E-state index is 0.0536. The summed E-state index contributed by atoms with van der Waals surface area (Å²) in [5, 5.41) is 10.6. The number of nitrogens with one attached hydrogen (secondary N) is 2. The maximum atomic E-state index is 11.1. The molecule has 0 bridgehead atoms. The van der Waals surface area contributed by atoms with E-state index in [0.717, 1.165) is 9.79 Å². The third kappa shape index (κ3) is 2.41. The molecule has 0 aliphatic heterocycles. The van der Waals surface area contributed by atoms with Gasteiger partial charge in [0.15, 0.2) is 5.65 Å². The fourth-order valence-corrected chi connectivity index (χ4v) is 2.56. The SMILES string of the molecule is O=c1[nH]c2cc(Sc3ccc([N+](=O)[O-])cc3)cnc2[nH]1. The summed E-state index contributed by atoms with van der Waals surface area (Å²) in [4.78, 5) is 32.3. The highest BCUT2D eigenvalue weighted by Gasteiger charge is 2.06. The number of aromatic amines is 2. The number of H-pyrrole nitrogens is 2. The largest absolute Gasteiger partial charge is 0.325 e. The van der Waals surface area contributed by atoms with Crippen molar-refractivity contribution < 1.29 is 4.92 Å². The summed E-state index contributed by atoms with van der Waals surface area (Å²) in [6.45, 7) is 0. The van der Waals surface area contributed by atoms with Gasteiger partial charge >= 0.3 is 5.69 Å². The summed E-state index contributed by atoms with van der Waals surface area (Å²) in [6, 6.07) is 8.05. The molecule has 100 valence electrons. The number of nitrogens with zero attached hydrogens (tertiary/aromatic N) is 2. The third-order valence-corrected chi connectivity index (χ3v) is 3.59. The minimum Gasteiger partial charge on any atom is -0.304 e. The molecule has 2 heterocycles. The summed E-state index contributed by atoms with van der Waals surface area (Å²) in [7, 11) is 0. The number of fused-ring (bicyclic) bond motifs is 1. The monoisotopic (exact) mass is 288 g/mol. The van der Waals surface area contributed by atoms with Crippen LogP contribution in [0.1, 0.15) is 0 Å². The first kappa shape index (κ1) is 12.4. The van der Waals surface area contributed by atoms with Crippen molar-refractivity contribution >= 4 is 28.6 Å². The van der Waals surface area contributed by atoms with Gasteiger partial charge in [0.2, 0.25) is 0 Å². The quantitative estimate of drug-likeness (QED) is 0.568. The zero-order valence-electron chi connectivity index (χ0n) is 9.99. The molecule has 0 radical (unpaired) electrons. The van der Waals surface area contributed by atoms with Gasteiger partial charge in [0.05, 0.1) is 10.4 Å². The molecule has 0 aliphatic carbocycles. The van der Waals surface area contributed by atoms with Crippen LogP contribution < -0.4 is 5.69 Å². The van der Waals surface area contributed by atoms with Crippen molar-refractivity contribution in [3.8, 4) is 0 Å². The zero-order chi connectivity index (χ0) is 14.1. The molecule has 0 spiro atoms. The highest BCUT2D eigenvalue weighted by atomic mass is 32.2. The Hall–Kier alpha value is -2.61. The van der Waals surface area contributed by atoms with E-state index in [-0.39, 0.29) is 11.4 Å². The van der Waals surface area contributed by atoms with E-state index in [4.69, 9.17) is 0 Å². The van der Waals surface area contributed by atoms with Crippen LogP contribution in [0.4, 0.5) is 5.69 Å². The van der Waals surface area contributed by atoms with Gasteiger partial charge in [-0.2, -0.15) is 0 Å². The Morgan fingerprint density at radius 3 is 2.60 bits per heavy atom. The summed E-state index contributed by atoms with van der Waals surface area (Å²) in [5.41, 5.74) is 0.882. The lowest BCUT2D eigenvalue weighted by molar-refractivity contribution is -0.384. The van der Waals surface area contributed by atoms with Crippen molar-refractivity contribution in [3.63, 3.8) is 0 Å². The molecule has 0 saturated carbocycles. The Balaban J connectivity index is 1.88. The standard InChI is InChI=1S/C12H8N4O3S/c17-12-14-10-5-9(6-13-11(10)15-12)20-8-3-1-7(2-4-8)16(18)19/h1-6H,(H2,13,14,15,17). The number of nitro benzene ring substituents is 1. The van der Waals surface area contributed by atoms with Crippen molar-refractivity contribution in [2.75, 3.05) is 0 Å². The van der Waals surface area contributed by atoms with E-state index in [2.05, 4.69) is 15.0 Å². The number of non-ortho nitro benzene ring substituents is 1. The van der Waals surface area contributed by atoms with Crippen LogP contribution in [0.15, 0.2) is 51.1 Å². The number of nitro groups is 1. The van der Waals surface area contributed by atoms with E-state index in [0.29, 0.717) is 11.2 Å². The van der Waals surface area contributed by atoms with Crippen LogP contribution in [-0.2, 0) is 0 Å². The molecule has 8 heteroatoms. The van der Waals surface area contributed by atoms with Crippen LogP contribution in [0, 0.1) is 10.1 Å². The lowest BCUT2D eigenvalue weighted by Gasteiger charge is -2.01. The molecule has 2 N–H and O–H groups in total. The van der Waals surface area contributed by atoms with E-state index in [1.54, 1.807) is 24.4 Å². The van der Waals surface area contributed by atoms with Crippen LogP contribution in [0.2, 0.25) is 0 Å². The Morgan fingerprint density at radius 2 is 1.90 bits per heavy atom. The molecule has 0 fully saturated rings. The second-order valence-corrected chi connectivity index (χ2v) is 5.15. The molecule has 0 atom stereocenters. The predicted molar refractivity (Wildman–Crippen MR) is 73.9 cm³/mol. The van der Waals surface area contributed by atoms with Crippen LogP contribution >= 0.6 is 11.8 Å². The van der Waals surface area contributed by atoms with Crippen LogP contribution in [-0.4, -0.2) is 19.9 Å². The molecular formula is C12H8N4O3S. The first-order valence-electron chi connectivity index (χ1n) is 5.62. The fourth-order valence-electron chi connectivity index (χ4n) is 1.73. The number of hydrogen-bond acceptors (Lipinski definition) is 5. The van der Waals surface area contributed by atoms with Gasteiger partial charge in [0.1, 0.15) is 0 Å². The third-order valence-electron chi connectivity index (χ3n) is 2.63. The average Bonchev–Trinajstić information content (AvgIpc) is 2.78. The molecule has 0 amide bonds. The molecule has 2 aromatic heterocycles. The van der Waals surface area contributed by atoms with Crippen LogP contribution in [0.3, 0.4) is 0 Å². The molecule has 0 saturated heterocycles. The van der Waals surface area contributed by atoms with E-state index >= 15 is 0 Å². The highest BCUT2D eigenvalue weighted by molar-refractivity contribution is 7.99. The topological polar surface area (TPSA) is 105 Å². The van der Waals surface area contributed by atoms with Crippen molar-refractivity contribution in [1.29, 1.82) is 0 Å². The summed E-state index contributed by atoms with van der Waals surface area (Å²) < 4.78 is 0. The first-order valence-corrected chi connectivity index (χ1v) is 6.44. The first-order chi connectivity index (χ1) is 9.61. The fraction of sp³-hybridized carbons (Fsp3) is 0. The average molecular weight is 288 g/mol. The van der Waals surface area contributed by atoms with Gasteiger partial charge in [0, 0.05) is 28.1 Å². The van der Waals surface area contributed by atoms with E-state index < -0.39 is 4.92 Å². The summed E-state index contributed by atoms with van der Waals surface area (Å²) in [6.07, 6.45) is 1.64. The normalized spacial score (nSPS) is 10.8. The van der Waals surface area contributed by atoms with Gasteiger partial charge in [-0.3, -0.25) is 15.1 Å². The van der Waals surface area contributed by atoms with Crippen LogP contribution in [0.25, 0.3) is 11.2 Å². The maximum Gasteiger partial charge on any atom is 0.325 e. The van der Waals surface area contributed by atoms with Crippen molar-refractivity contribution in [3.05, 3.63) is 57.1 Å². The number of benzene rings is 1. The van der Waals surface area contributed by atoms with Gasteiger partial charge in [-0.1, -0.05) is 11.8 Å². The zero-order valence-corrected chi connectivity index (χ0v) is 10.8. The summed E-state index contributed by atoms with van der Waals surface area (Å²) >= 11 is 1.41. The van der Waals surface area contributed by atoms with Crippen molar-refractivity contribution in [1.82, 2.24) is 15.0 Å². The Morgan fingerprint density at radius 1 is 1.15 bits per heavy atom. The number of pyridine rings is 1. The molecule has 0 unspecified atom stereocenters. The summed E-state index contributed by atoms with van der Waals surface area (Å²) in [5.74, 6) is 0. The number of rotatable bonds is 3. The maximum absolute atomic E-state index is 11.1. The second-order valence-electron chi connectivity index (χ2n) is 4.00.